The van der Waals surface area contributed by atoms with Crippen molar-refractivity contribution in [3.63, 3.8) is 0 Å². The summed E-state index contributed by atoms with van der Waals surface area (Å²) in [7, 11) is 2.18. The molecule has 0 bridgehead atoms. The Morgan fingerprint density at radius 2 is 2.03 bits per heavy atom. The quantitative estimate of drug-likeness (QED) is 0.267. The van der Waals surface area contributed by atoms with Gasteiger partial charge in [0.05, 0.1) is 31.9 Å². The molecule has 0 saturated carbocycles. The minimum absolute atomic E-state index is 0.103. The Kier molecular flexibility index (Phi) is 9.56. The summed E-state index contributed by atoms with van der Waals surface area (Å²) in [4.78, 5) is 12.3. The second-order valence-electron chi connectivity index (χ2n) is 8.66. The number of likely N-dealkylation sites (N-methyl/N-ethyl adjacent to an activating group) is 1. The zero-order valence-electron chi connectivity index (χ0n) is 18.8. The fraction of sp³-hybridized carbons (Fsp3) is 0.773. The monoisotopic (exact) mass is 424 g/mol. The molecule has 164 valence electrons. The number of unbranched alkanes of at least 4 members (excludes halogenated alkanes) is 3. The minimum atomic E-state index is -0.144. The van der Waals surface area contributed by atoms with Crippen LogP contribution in [0.2, 0.25) is 0 Å². The van der Waals surface area contributed by atoms with Crippen molar-refractivity contribution in [3.05, 3.63) is 11.8 Å². The zero-order valence-corrected chi connectivity index (χ0v) is 19.6. The number of hydrogen-bond acceptors (Lipinski definition) is 6. The average molecular weight is 425 g/mol. The maximum Gasteiger partial charge on any atom is 0.310 e. The highest BCUT2D eigenvalue weighted by Crippen LogP contribution is 2.32. The molecule has 0 aromatic carbocycles. The number of carbonyl (C=O) groups is 1. The Bertz CT molecular complexity index is 674. The normalized spacial score (nSPS) is 20.4. The van der Waals surface area contributed by atoms with E-state index >= 15 is 0 Å². The molecule has 7 heteroatoms. The van der Waals surface area contributed by atoms with Crippen LogP contribution in [0.3, 0.4) is 0 Å². The van der Waals surface area contributed by atoms with Crippen molar-refractivity contribution >= 4 is 23.3 Å². The van der Waals surface area contributed by atoms with Crippen molar-refractivity contribution in [3.8, 4) is 5.88 Å². The van der Waals surface area contributed by atoms with Gasteiger partial charge in [-0.05, 0) is 12.3 Å². The summed E-state index contributed by atoms with van der Waals surface area (Å²) in [6.45, 7) is 10.8. The Morgan fingerprint density at radius 3 is 2.72 bits per heavy atom. The first-order valence-corrected chi connectivity index (χ1v) is 11.8. The zero-order chi connectivity index (χ0) is 21.3. The van der Waals surface area contributed by atoms with E-state index in [9.17, 15) is 4.79 Å². The fourth-order valence-corrected chi connectivity index (χ4v) is 4.37. The number of esters is 1. The number of hydrogen-bond donors (Lipinski definition) is 0. The molecular formula is C22H38N3O3S+. The van der Waals surface area contributed by atoms with E-state index in [0.29, 0.717) is 29.3 Å². The van der Waals surface area contributed by atoms with Crippen molar-refractivity contribution in [2.75, 3.05) is 26.7 Å². The molecule has 0 radical (unpaired) electrons. The van der Waals surface area contributed by atoms with E-state index in [-0.39, 0.29) is 12.2 Å². The lowest BCUT2D eigenvalue weighted by Gasteiger charge is -2.42. The summed E-state index contributed by atoms with van der Waals surface area (Å²) in [6, 6.07) is 0. The van der Waals surface area contributed by atoms with Crippen molar-refractivity contribution < 1.29 is 18.8 Å². The molecule has 2 atom stereocenters. The molecule has 2 rings (SSSR count). The lowest BCUT2D eigenvalue weighted by molar-refractivity contribution is -0.947. The summed E-state index contributed by atoms with van der Waals surface area (Å²) in [5.41, 5.74) is 2.01. The first-order chi connectivity index (χ1) is 13.9. The Hall–Kier alpha value is -1.47. The molecule has 0 amide bonds. The Labute approximate surface area is 180 Å². The van der Waals surface area contributed by atoms with Gasteiger partial charge < -0.3 is 9.47 Å². The van der Waals surface area contributed by atoms with Gasteiger partial charge in [-0.15, -0.1) is 4.37 Å². The van der Waals surface area contributed by atoms with E-state index in [4.69, 9.17) is 9.47 Å². The number of quaternary nitrogens is 1. The summed E-state index contributed by atoms with van der Waals surface area (Å²) >= 11 is 1.20. The third kappa shape index (κ3) is 7.07. The molecule has 0 saturated heterocycles. The predicted molar refractivity (Wildman–Crippen MR) is 118 cm³/mol. The molecule has 1 aliphatic heterocycles. The lowest BCUT2D eigenvalue weighted by Crippen LogP contribution is -2.56. The highest BCUT2D eigenvalue weighted by atomic mass is 32.1. The second-order valence-corrected chi connectivity index (χ2v) is 9.19. The average Bonchev–Trinajstić information content (AvgIpc) is 3.14. The van der Waals surface area contributed by atoms with E-state index in [1.54, 1.807) is 0 Å². The molecular weight excluding hydrogens is 386 g/mol. The molecule has 1 aliphatic rings. The van der Waals surface area contributed by atoms with Crippen LogP contribution in [0.15, 0.2) is 6.08 Å². The van der Waals surface area contributed by atoms with Gasteiger partial charge >= 0.3 is 5.97 Å². The van der Waals surface area contributed by atoms with E-state index in [2.05, 4.69) is 35.7 Å². The maximum absolute atomic E-state index is 12.3. The van der Waals surface area contributed by atoms with Crippen LogP contribution in [0.1, 0.15) is 78.3 Å². The highest BCUT2D eigenvalue weighted by Gasteiger charge is 2.38. The van der Waals surface area contributed by atoms with E-state index in [1.807, 2.05) is 13.8 Å². The largest absolute Gasteiger partial charge is 0.475 e. The van der Waals surface area contributed by atoms with Crippen LogP contribution in [0.5, 0.6) is 5.88 Å². The van der Waals surface area contributed by atoms with Crippen LogP contribution in [0, 0.1) is 5.92 Å². The lowest BCUT2D eigenvalue weighted by atomic mass is 10.0. The van der Waals surface area contributed by atoms with Crippen molar-refractivity contribution in [2.45, 2.75) is 78.9 Å². The highest BCUT2D eigenvalue weighted by molar-refractivity contribution is 6.99. The van der Waals surface area contributed by atoms with Gasteiger partial charge in [0.15, 0.2) is 0 Å². The molecule has 2 heterocycles. The van der Waals surface area contributed by atoms with Gasteiger partial charge in [-0.3, -0.25) is 9.28 Å². The molecule has 0 N–H and O–H groups in total. The van der Waals surface area contributed by atoms with Crippen molar-refractivity contribution in [1.29, 1.82) is 0 Å². The maximum atomic E-state index is 12.3. The van der Waals surface area contributed by atoms with E-state index < -0.39 is 0 Å². The molecule has 2 unspecified atom stereocenters. The van der Waals surface area contributed by atoms with Gasteiger partial charge in [0.25, 0.3) is 5.88 Å². The van der Waals surface area contributed by atoms with Crippen LogP contribution >= 0.6 is 11.7 Å². The van der Waals surface area contributed by atoms with Crippen molar-refractivity contribution in [2.24, 2.45) is 5.92 Å². The van der Waals surface area contributed by atoms with Gasteiger partial charge in [-0.1, -0.05) is 53.0 Å². The molecule has 6 nitrogen and oxygen atoms in total. The van der Waals surface area contributed by atoms with Gasteiger partial charge in [0, 0.05) is 24.8 Å². The summed E-state index contributed by atoms with van der Waals surface area (Å²) < 4.78 is 21.4. The predicted octanol–water partition coefficient (Wildman–Crippen LogP) is 5.06. The number of rotatable bonds is 12. The fourth-order valence-electron chi connectivity index (χ4n) is 3.84. The summed E-state index contributed by atoms with van der Waals surface area (Å²) in [5.74, 6) is 0.852. The molecule has 29 heavy (non-hydrogen) atoms. The van der Waals surface area contributed by atoms with Gasteiger partial charge in [0.1, 0.15) is 12.2 Å². The number of nitrogens with zero attached hydrogens (tertiary/aromatic N) is 3. The van der Waals surface area contributed by atoms with Gasteiger partial charge in [0.2, 0.25) is 6.23 Å². The Balaban J connectivity index is 2.03. The second kappa shape index (κ2) is 11.6. The van der Waals surface area contributed by atoms with Crippen LogP contribution in [-0.2, 0) is 9.53 Å². The van der Waals surface area contributed by atoms with Crippen LogP contribution in [0.25, 0.3) is 5.57 Å². The molecule has 1 aromatic rings. The first kappa shape index (κ1) is 23.8. The number of aromatic nitrogens is 2. The Morgan fingerprint density at radius 1 is 1.24 bits per heavy atom. The topological polar surface area (TPSA) is 61.3 Å². The molecule has 1 aromatic heterocycles. The molecule has 0 spiro atoms. The van der Waals surface area contributed by atoms with Gasteiger partial charge in [-0.2, -0.15) is 4.37 Å². The molecule has 0 aliphatic carbocycles. The minimum Gasteiger partial charge on any atom is -0.475 e. The van der Waals surface area contributed by atoms with Gasteiger partial charge in [-0.25, -0.2) is 0 Å². The summed E-state index contributed by atoms with van der Waals surface area (Å²) in [5, 5.41) is 0. The third-order valence-electron chi connectivity index (χ3n) is 5.45. The number of ether oxygens (including phenoxy) is 2. The van der Waals surface area contributed by atoms with Crippen molar-refractivity contribution in [1.82, 2.24) is 8.75 Å². The van der Waals surface area contributed by atoms with E-state index in [0.717, 1.165) is 43.6 Å². The van der Waals surface area contributed by atoms with Crippen LogP contribution in [-0.4, -0.2) is 52.2 Å². The smallest absolute Gasteiger partial charge is 0.310 e. The standard InChI is InChI=1S/C22H38N3O3S/c1-6-8-9-10-14-27-22-21(23-29-24-22)18-12-11-13-25(5,16-18)19(7-2)28-20(26)15-17(3)4/h12,17,19H,6-11,13-16H2,1-5H3/q+1. The molecule has 0 fully saturated rings. The van der Waals surface area contributed by atoms with Crippen LogP contribution < -0.4 is 4.74 Å². The van der Waals surface area contributed by atoms with Crippen LogP contribution in [0.4, 0.5) is 0 Å². The van der Waals surface area contributed by atoms with E-state index in [1.165, 1.54) is 31.0 Å². The SMILES string of the molecule is CCCCCCOc1nsnc1C1=CCC[N+](C)(C(CC)OC(=O)CC(C)C)C1. The summed E-state index contributed by atoms with van der Waals surface area (Å²) in [6.07, 6.45) is 8.96. The number of carbonyl (C=O) groups excluding carboxylic acids is 1. The first-order valence-electron chi connectivity index (χ1n) is 11.1. The third-order valence-corrected chi connectivity index (χ3v) is 5.96.